The van der Waals surface area contributed by atoms with Crippen molar-refractivity contribution in [1.82, 2.24) is 19.4 Å². The number of aromatic nitrogens is 4. The highest BCUT2D eigenvalue weighted by molar-refractivity contribution is 7.05. The second-order valence-corrected chi connectivity index (χ2v) is 4.27. The van der Waals surface area contributed by atoms with E-state index in [-0.39, 0.29) is 6.04 Å². The van der Waals surface area contributed by atoms with Crippen LogP contribution in [0.15, 0.2) is 12.3 Å². The summed E-state index contributed by atoms with van der Waals surface area (Å²) in [5, 5.41) is 8.30. The average Bonchev–Trinajstić information content (AvgIpc) is 2.96. The SMILES string of the molecule is CCc1nnsc1C(N)c1ccnn1CC. The predicted octanol–water partition coefficient (Wildman–Crippen LogP) is 1.37. The Hall–Kier alpha value is -1.27. The largest absolute Gasteiger partial charge is 0.318 e. The Labute approximate surface area is 98.4 Å². The Bertz CT molecular complexity index is 419. The summed E-state index contributed by atoms with van der Waals surface area (Å²) in [5.41, 5.74) is 8.23. The summed E-state index contributed by atoms with van der Waals surface area (Å²) in [5.74, 6) is 0. The number of hydrogen-bond donors (Lipinski definition) is 1. The third-order valence-electron chi connectivity index (χ3n) is 2.57. The number of nitrogens with two attached hydrogens (primary N) is 1. The van der Waals surface area contributed by atoms with Crippen LogP contribution in [0.1, 0.15) is 36.2 Å². The van der Waals surface area contributed by atoms with E-state index in [1.165, 1.54) is 11.5 Å². The van der Waals surface area contributed by atoms with Gasteiger partial charge in [-0.05, 0) is 30.9 Å². The third kappa shape index (κ3) is 1.85. The van der Waals surface area contributed by atoms with Crippen LogP contribution >= 0.6 is 11.5 Å². The Morgan fingerprint density at radius 2 is 2.31 bits per heavy atom. The van der Waals surface area contributed by atoms with Gasteiger partial charge in [0.1, 0.15) is 0 Å². The summed E-state index contributed by atoms with van der Waals surface area (Å²) < 4.78 is 5.87. The minimum atomic E-state index is -0.169. The molecule has 0 aliphatic rings. The van der Waals surface area contributed by atoms with Gasteiger partial charge in [-0.15, -0.1) is 5.10 Å². The Kier molecular flexibility index (Phi) is 3.31. The molecule has 16 heavy (non-hydrogen) atoms. The number of aryl methyl sites for hydroxylation is 2. The zero-order valence-corrected chi connectivity index (χ0v) is 10.2. The molecule has 0 amide bonds. The molecule has 2 aromatic rings. The van der Waals surface area contributed by atoms with E-state index in [1.54, 1.807) is 6.20 Å². The highest BCUT2D eigenvalue weighted by Gasteiger charge is 2.19. The summed E-state index contributed by atoms with van der Waals surface area (Å²) in [6.45, 7) is 4.93. The van der Waals surface area contributed by atoms with Gasteiger partial charge >= 0.3 is 0 Å². The number of hydrogen-bond acceptors (Lipinski definition) is 5. The van der Waals surface area contributed by atoms with Crippen LogP contribution in [0.2, 0.25) is 0 Å². The lowest BCUT2D eigenvalue weighted by atomic mass is 10.1. The molecule has 2 heterocycles. The smallest absolute Gasteiger partial charge is 0.0852 e. The van der Waals surface area contributed by atoms with Crippen LogP contribution in [0.25, 0.3) is 0 Å². The van der Waals surface area contributed by atoms with Crippen LogP contribution < -0.4 is 5.73 Å². The lowest BCUT2D eigenvalue weighted by molar-refractivity contribution is 0.601. The van der Waals surface area contributed by atoms with E-state index in [2.05, 4.69) is 28.5 Å². The van der Waals surface area contributed by atoms with Crippen molar-refractivity contribution in [3.8, 4) is 0 Å². The van der Waals surface area contributed by atoms with Crippen molar-refractivity contribution in [2.24, 2.45) is 5.73 Å². The first-order valence-corrected chi connectivity index (χ1v) is 6.13. The summed E-state index contributed by atoms with van der Waals surface area (Å²) >= 11 is 1.37. The quantitative estimate of drug-likeness (QED) is 0.871. The Morgan fingerprint density at radius 1 is 1.50 bits per heavy atom. The Morgan fingerprint density at radius 3 is 3.00 bits per heavy atom. The molecular weight excluding hydrogens is 222 g/mol. The first kappa shape index (κ1) is 11.2. The molecule has 1 unspecified atom stereocenters. The predicted molar refractivity (Wildman–Crippen MR) is 63.2 cm³/mol. The van der Waals surface area contributed by atoms with Crippen LogP contribution in [0.3, 0.4) is 0 Å². The molecular formula is C10H15N5S. The molecule has 2 N–H and O–H groups in total. The molecule has 0 saturated carbocycles. The number of rotatable bonds is 4. The Balaban J connectivity index is 2.35. The molecule has 1 atom stereocenters. The first-order chi connectivity index (χ1) is 7.77. The van der Waals surface area contributed by atoms with Gasteiger partial charge in [0, 0.05) is 12.7 Å². The van der Waals surface area contributed by atoms with E-state index in [9.17, 15) is 0 Å². The van der Waals surface area contributed by atoms with E-state index >= 15 is 0 Å². The molecule has 0 aliphatic heterocycles. The van der Waals surface area contributed by atoms with E-state index < -0.39 is 0 Å². The maximum absolute atomic E-state index is 6.23. The van der Waals surface area contributed by atoms with Gasteiger partial charge in [0.2, 0.25) is 0 Å². The van der Waals surface area contributed by atoms with Crippen molar-refractivity contribution in [1.29, 1.82) is 0 Å². The second kappa shape index (κ2) is 4.71. The van der Waals surface area contributed by atoms with Crippen molar-refractivity contribution >= 4 is 11.5 Å². The zero-order valence-electron chi connectivity index (χ0n) is 9.42. The summed E-state index contributed by atoms with van der Waals surface area (Å²) in [6.07, 6.45) is 2.64. The molecule has 0 bridgehead atoms. The molecule has 0 aromatic carbocycles. The molecule has 6 heteroatoms. The number of nitrogens with zero attached hydrogens (tertiary/aromatic N) is 4. The fourth-order valence-electron chi connectivity index (χ4n) is 1.70. The lowest BCUT2D eigenvalue weighted by Crippen LogP contribution is -2.17. The molecule has 0 saturated heterocycles. The van der Waals surface area contributed by atoms with Gasteiger partial charge in [-0.25, -0.2) is 0 Å². The van der Waals surface area contributed by atoms with Gasteiger partial charge in [-0.2, -0.15) is 5.10 Å². The van der Waals surface area contributed by atoms with E-state index in [1.807, 2.05) is 10.7 Å². The van der Waals surface area contributed by atoms with Gasteiger partial charge in [0.25, 0.3) is 0 Å². The topological polar surface area (TPSA) is 69.6 Å². The third-order valence-corrected chi connectivity index (χ3v) is 3.42. The van der Waals surface area contributed by atoms with Gasteiger partial charge < -0.3 is 5.73 Å². The maximum atomic E-state index is 6.23. The first-order valence-electron chi connectivity index (χ1n) is 5.36. The summed E-state index contributed by atoms with van der Waals surface area (Å²) in [6, 6.07) is 1.78. The summed E-state index contributed by atoms with van der Waals surface area (Å²) in [7, 11) is 0. The molecule has 0 fully saturated rings. The molecule has 86 valence electrons. The van der Waals surface area contributed by atoms with Gasteiger partial charge in [0.15, 0.2) is 0 Å². The van der Waals surface area contributed by atoms with E-state index in [0.29, 0.717) is 0 Å². The monoisotopic (exact) mass is 237 g/mol. The zero-order chi connectivity index (χ0) is 11.5. The molecule has 2 aromatic heterocycles. The fraction of sp³-hybridized carbons (Fsp3) is 0.500. The minimum Gasteiger partial charge on any atom is -0.318 e. The maximum Gasteiger partial charge on any atom is 0.0852 e. The highest BCUT2D eigenvalue weighted by atomic mass is 32.1. The standard InChI is InChI=1S/C10H15N5S/c1-3-7-10(16-14-13-7)9(11)8-5-6-12-15(8)4-2/h5-6,9H,3-4,11H2,1-2H3. The van der Waals surface area contributed by atoms with Crippen molar-refractivity contribution in [2.45, 2.75) is 32.9 Å². The van der Waals surface area contributed by atoms with Crippen LogP contribution in [0.4, 0.5) is 0 Å². The molecule has 0 spiro atoms. The normalized spacial score (nSPS) is 12.9. The van der Waals surface area contributed by atoms with Crippen molar-refractivity contribution < 1.29 is 0 Å². The van der Waals surface area contributed by atoms with Crippen molar-refractivity contribution in [3.05, 3.63) is 28.5 Å². The van der Waals surface area contributed by atoms with Crippen molar-refractivity contribution in [2.75, 3.05) is 0 Å². The molecule has 5 nitrogen and oxygen atoms in total. The van der Waals surface area contributed by atoms with Gasteiger partial charge in [0.05, 0.1) is 22.3 Å². The fourth-order valence-corrected chi connectivity index (χ4v) is 2.45. The summed E-state index contributed by atoms with van der Waals surface area (Å²) in [4.78, 5) is 1.04. The van der Waals surface area contributed by atoms with E-state index in [4.69, 9.17) is 5.73 Å². The van der Waals surface area contributed by atoms with E-state index in [0.717, 1.165) is 29.2 Å². The van der Waals surface area contributed by atoms with Crippen LogP contribution in [-0.4, -0.2) is 19.4 Å². The van der Waals surface area contributed by atoms with Gasteiger partial charge in [-0.1, -0.05) is 11.4 Å². The van der Waals surface area contributed by atoms with Crippen LogP contribution in [0.5, 0.6) is 0 Å². The highest BCUT2D eigenvalue weighted by Crippen LogP contribution is 2.24. The average molecular weight is 237 g/mol. The van der Waals surface area contributed by atoms with Gasteiger partial charge in [-0.3, -0.25) is 4.68 Å². The molecule has 2 rings (SSSR count). The van der Waals surface area contributed by atoms with Crippen LogP contribution in [-0.2, 0) is 13.0 Å². The lowest BCUT2D eigenvalue weighted by Gasteiger charge is -2.11. The second-order valence-electron chi connectivity index (χ2n) is 3.49. The molecule has 0 aliphatic carbocycles. The molecule has 0 radical (unpaired) electrons. The van der Waals surface area contributed by atoms with Crippen LogP contribution in [0, 0.1) is 0 Å². The minimum absolute atomic E-state index is 0.169. The van der Waals surface area contributed by atoms with Crippen molar-refractivity contribution in [3.63, 3.8) is 0 Å².